The Morgan fingerprint density at radius 1 is 0.603 bits per heavy atom. The summed E-state index contributed by atoms with van der Waals surface area (Å²) < 4.78 is 80.5. The van der Waals surface area contributed by atoms with Crippen molar-refractivity contribution in [3.8, 4) is 5.75 Å². The second kappa shape index (κ2) is 20.6. The molecule has 4 fully saturated rings. The van der Waals surface area contributed by atoms with E-state index in [1.165, 1.54) is 0 Å². The molecule has 4 aliphatic heterocycles. The van der Waals surface area contributed by atoms with E-state index in [-0.39, 0.29) is 38.1 Å². The highest BCUT2D eigenvalue weighted by Crippen LogP contribution is 2.45. The largest absolute Gasteiger partial charge is 0.497 e. The van der Waals surface area contributed by atoms with Crippen molar-refractivity contribution in [2.45, 2.75) is 126 Å². The van der Waals surface area contributed by atoms with Gasteiger partial charge in [0.1, 0.15) is 54.6 Å². The highest BCUT2D eigenvalue weighted by molar-refractivity contribution is 6.74. The fourth-order valence-electron chi connectivity index (χ4n) is 8.06. The Bertz CT molecular complexity index is 2020. The first-order valence-electron chi connectivity index (χ1n) is 21.9. The zero-order valence-electron chi connectivity index (χ0n) is 37.1. The van der Waals surface area contributed by atoms with Gasteiger partial charge in [0.2, 0.25) is 0 Å². The summed E-state index contributed by atoms with van der Waals surface area (Å²) in [6, 6.07) is 37.6. The Hall–Kier alpha value is -3.80. The van der Waals surface area contributed by atoms with E-state index in [1.807, 2.05) is 115 Å². The third-order valence-corrected chi connectivity index (χ3v) is 17.0. The lowest BCUT2D eigenvalue weighted by Gasteiger charge is -2.54. The van der Waals surface area contributed by atoms with Gasteiger partial charge in [-0.25, -0.2) is 0 Å². The monoisotopic (exact) mass is 882 g/mol. The van der Waals surface area contributed by atoms with E-state index >= 15 is 0 Å². The van der Waals surface area contributed by atoms with Crippen LogP contribution in [0.1, 0.15) is 55.6 Å². The average molecular weight is 883 g/mol. The molecule has 0 N–H and O–H groups in total. The van der Waals surface area contributed by atoms with E-state index in [2.05, 4.69) is 40.4 Å². The fraction of sp³-hybridized carbons (Fsp3) is 0.480. The predicted molar refractivity (Wildman–Crippen MR) is 237 cm³/mol. The summed E-state index contributed by atoms with van der Waals surface area (Å²) in [5.74, 6) is 0.747. The van der Waals surface area contributed by atoms with Crippen LogP contribution in [0.2, 0.25) is 18.1 Å². The topological polar surface area (TPSA) is 111 Å². The molecular formula is C50H62O12Si. The summed E-state index contributed by atoms with van der Waals surface area (Å²) in [5, 5.41) is -0.142. The third-order valence-electron chi connectivity index (χ3n) is 12.5. The lowest BCUT2D eigenvalue weighted by Crippen LogP contribution is -2.69. The molecule has 4 aliphatic rings. The van der Waals surface area contributed by atoms with Crippen LogP contribution in [0.15, 0.2) is 128 Å². The Morgan fingerprint density at radius 3 is 1.65 bits per heavy atom. The molecule has 63 heavy (non-hydrogen) atoms. The van der Waals surface area contributed by atoms with Crippen molar-refractivity contribution in [1.29, 1.82) is 0 Å². The van der Waals surface area contributed by atoms with Gasteiger partial charge in [-0.05, 0) is 41.4 Å². The maximum absolute atomic E-state index is 7.42. The summed E-state index contributed by atoms with van der Waals surface area (Å²) in [7, 11) is -0.862. The molecule has 4 saturated heterocycles. The Morgan fingerprint density at radius 2 is 1.11 bits per heavy atom. The van der Waals surface area contributed by atoms with Crippen LogP contribution in [0, 0.1) is 0 Å². The van der Waals surface area contributed by atoms with Gasteiger partial charge in [-0.3, -0.25) is 0 Å². The molecule has 0 bridgehead atoms. The van der Waals surface area contributed by atoms with Crippen LogP contribution in [-0.2, 0) is 65.0 Å². The number of hydrogen-bond donors (Lipinski definition) is 0. The molecule has 13 heteroatoms. The van der Waals surface area contributed by atoms with Gasteiger partial charge < -0.3 is 56.5 Å². The second-order valence-corrected chi connectivity index (χ2v) is 22.6. The van der Waals surface area contributed by atoms with Gasteiger partial charge in [0.25, 0.3) is 0 Å². The molecule has 12 atom stereocenters. The highest BCUT2D eigenvalue weighted by atomic mass is 28.4. The van der Waals surface area contributed by atoms with Crippen LogP contribution in [0.4, 0.5) is 0 Å². The fourth-order valence-corrected chi connectivity index (χ4v) is 9.36. The summed E-state index contributed by atoms with van der Waals surface area (Å²) >= 11 is 0. The smallest absolute Gasteiger partial charge is 0.192 e. The summed E-state index contributed by atoms with van der Waals surface area (Å²) in [6.07, 6.45) is -6.98. The van der Waals surface area contributed by atoms with Crippen molar-refractivity contribution >= 4 is 8.32 Å². The number of methoxy groups -OCH3 is 1. The van der Waals surface area contributed by atoms with Gasteiger partial charge >= 0.3 is 0 Å². The number of benzene rings is 4. The predicted octanol–water partition coefficient (Wildman–Crippen LogP) is 8.82. The molecule has 4 aromatic carbocycles. The molecule has 0 unspecified atom stereocenters. The van der Waals surface area contributed by atoms with Gasteiger partial charge in [0.05, 0.1) is 40.1 Å². The minimum Gasteiger partial charge on any atom is -0.497 e. The van der Waals surface area contributed by atoms with E-state index in [1.54, 1.807) is 13.2 Å². The van der Waals surface area contributed by atoms with Gasteiger partial charge in [0, 0.05) is 11.1 Å². The highest BCUT2D eigenvalue weighted by Gasteiger charge is 2.58. The van der Waals surface area contributed by atoms with Crippen molar-refractivity contribution < 1.29 is 56.5 Å². The van der Waals surface area contributed by atoms with Crippen molar-refractivity contribution in [3.05, 3.63) is 150 Å². The molecule has 0 amide bonds. The Balaban J connectivity index is 1.17. The van der Waals surface area contributed by atoms with Crippen LogP contribution in [0.5, 0.6) is 5.75 Å². The molecule has 0 spiro atoms. The number of fused-ring (bicyclic) bond motifs is 2. The third kappa shape index (κ3) is 10.8. The number of ether oxygens (including phenoxy) is 11. The number of rotatable bonds is 16. The molecule has 338 valence electrons. The van der Waals surface area contributed by atoms with Gasteiger partial charge in [0.15, 0.2) is 33.5 Å². The molecule has 0 aromatic heterocycles. The minimum atomic E-state index is -2.51. The molecule has 0 saturated carbocycles. The molecular weight excluding hydrogens is 821 g/mol. The zero-order chi connectivity index (χ0) is 44.0. The zero-order valence-corrected chi connectivity index (χ0v) is 38.1. The van der Waals surface area contributed by atoms with Crippen molar-refractivity contribution in [1.82, 2.24) is 0 Å². The van der Waals surface area contributed by atoms with Crippen LogP contribution < -0.4 is 4.74 Å². The normalized spacial score (nSPS) is 31.1. The first kappa shape index (κ1) is 45.8. The standard InChI is InChI=1S/C50H62O12Si/c1-8-28-52-48-45(42(53-30-34-24-26-37(51-5)27-25-34)40-38(57-48)31-55-46(59-40)35-20-14-10-15-21-35)61-49-44(54-29-33-18-12-9-13-19-33)43(62-63(6,7)50(2,3)4)41-39(58-49)32-56-47(60-41)36-22-16-11-17-23-36/h8-27,38-49H,1,28-32H2,2-7H3/t38-,39-,40-,41-,42+,43+,44+,45+,46-,47-,48+,49+/m1/s1. The van der Waals surface area contributed by atoms with Crippen molar-refractivity contribution in [2.24, 2.45) is 0 Å². The molecule has 12 nitrogen and oxygen atoms in total. The quantitative estimate of drug-likeness (QED) is 0.0793. The van der Waals surface area contributed by atoms with E-state index in [4.69, 9.17) is 56.5 Å². The lowest BCUT2D eigenvalue weighted by molar-refractivity contribution is -0.409. The van der Waals surface area contributed by atoms with Crippen molar-refractivity contribution in [2.75, 3.05) is 26.9 Å². The van der Waals surface area contributed by atoms with Gasteiger partial charge in [-0.15, -0.1) is 6.58 Å². The van der Waals surface area contributed by atoms with E-state index < -0.39 is 82.3 Å². The lowest BCUT2D eigenvalue weighted by atomic mass is 9.95. The summed E-state index contributed by atoms with van der Waals surface area (Å²) in [5.41, 5.74) is 3.69. The van der Waals surface area contributed by atoms with E-state index in [9.17, 15) is 0 Å². The second-order valence-electron chi connectivity index (χ2n) is 17.9. The Labute approximate surface area is 372 Å². The van der Waals surface area contributed by atoms with E-state index in [0.29, 0.717) is 0 Å². The molecule has 0 aliphatic carbocycles. The van der Waals surface area contributed by atoms with Gasteiger partial charge in [-0.1, -0.05) is 130 Å². The number of hydrogen-bond acceptors (Lipinski definition) is 12. The minimum absolute atomic E-state index is 0.142. The van der Waals surface area contributed by atoms with Crippen LogP contribution in [-0.4, -0.2) is 96.7 Å². The molecule has 4 heterocycles. The van der Waals surface area contributed by atoms with E-state index in [0.717, 1.165) is 28.0 Å². The first-order chi connectivity index (χ1) is 30.5. The van der Waals surface area contributed by atoms with Crippen LogP contribution in [0.25, 0.3) is 0 Å². The maximum Gasteiger partial charge on any atom is 0.192 e. The molecule has 4 aromatic rings. The van der Waals surface area contributed by atoms with Crippen LogP contribution in [0.3, 0.4) is 0 Å². The van der Waals surface area contributed by atoms with Crippen LogP contribution >= 0.6 is 0 Å². The van der Waals surface area contributed by atoms with Crippen molar-refractivity contribution in [3.63, 3.8) is 0 Å². The first-order valence-corrected chi connectivity index (χ1v) is 24.8. The molecule has 8 rings (SSSR count). The van der Waals surface area contributed by atoms with Gasteiger partial charge in [-0.2, -0.15) is 0 Å². The summed E-state index contributed by atoms with van der Waals surface area (Å²) in [4.78, 5) is 0. The SMILES string of the molecule is C=CCO[C@H]1O[C@@H]2CO[C@@H](c3ccccc3)O[C@H]2[C@H](OCc2ccc(OC)cc2)[C@@H]1O[C@@H]1O[C@@H]2CO[C@@H](c3ccccc3)O[C@H]2[C@H](O[Si](C)(C)C(C)(C)C)[C@@H]1OCc1ccccc1. The Kier molecular flexibility index (Phi) is 14.9. The average Bonchev–Trinajstić information content (AvgIpc) is 3.30. The summed E-state index contributed by atoms with van der Waals surface area (Å²) in [6.45, 7) is 16.2. The maximum atomic E-state index is 7.42. The molecule has 0 radical (unpaired) electrons.